The van der Waals surface area contributed by atoms with Crippen LogP contribution in [-0.4, -0.2) is 17.5 Å². The van der Waals surface area contributed by atoms with Gasteiger partial charge in [0.1, 0.15) is 12.0 Å². The number of halogens is 1. The van der Waals surface area contributed by atoms with Crippen molar-refractivity contribution in [3.8, 4) is 5.75 Å². The molecule has 27 heavy (non-hydrogen) atoms. The molecule has 1 aromatic heterocycles. The number of nitrogens with one attached hydrogen (secondary N) is 1. The lowest BCUT2D eigenvalue weighted by Gasteiger charge is -2.12. The Morgan fingerprint density at radius 2 is 1.85 bits per heavy atom. The third-order valence-electron chi connectivity index (χ3n) is 3.80. The summed E-state index contributed by atoms with van der Waals surface area (Å²) < 4.78 is 10.9. The predicted molar refractivity (Wildman–Crippen MR) is 106 cm³/mol. The van der Waals surface area contributed by atoms with Gasteiger partial charge in [0.05, 0.1) is 18.8 Å². The van der Waals surface area contributed by atoms with Crippen LogP contribution in [-0.2, 0) is 13.0 Å². The van der Waals surface area contributed by atoms with E-state index in [1.165, 1.54) is 11.8 Å². The van der Waals surface area contributed by atoms with Crippen molar-refractivity contribution in [1.82, 2.24) is 4.98 Å². The lowest BCUT2D eigenvalue weighted by atomic mass is 10.1. The fourth-order valence-electron chi connectivity index (χ4n) is 2.49. The number of hydrogen-bond donors (Lipinski definition) is 2. The molecule has 0 bridgehead atoms. The first-order chi connectivity index (χ1) is 12.8. The van der Waals surface area contributed by atoms with Gasteiger partial charge in [-0.05, 0) is 30.5 Å². The van der Waals surface area contributed by atoms with Crippen LogP contribution in [0.5, 0.6) is 5.75 Å². The number of nitrogens with two attached hydrogens (primary N) is 1. The van der Waals surface area contributed by atoms with E-state index in [0.717, 1.165) is 12.8 Å². The van der Waals surface area contributed by atoms with Gasteiger partial charge in [-0.2, -0.15) is 0 Å². The average molecular weight is 388 g/mol. The molecule has 0 unspecified atom stereocenters. The molecule has 3 N–H and O–H groups in total. The molecule has 142 valence electrons. The van der Waals surface area contributed by atoms with E-state index in [0.29, 0.717) is 23.9 Å². The molecule has 0 radical (unpaired) electrons. The summed E-state index contributed by atoms with van der Waals surface area (Å²) in [6.45, 7) is 0.706. The molecule has 2 aromatic carbocycles. The number of rotatable bonds is 8. The molecule has 1 amide bonds. The third-order valence-corrected chi connectivity index (χ3v) is 3.80. The molecular formula is C20H22ClN3O3. The second kappa shape index (κ2) is 10.4. The van der Waals surface area contributed by atoms with Gasteiger partial charge in [-0.1, -0.05) is 42.5 Å². The first kappa shape index (κ1) is 20.5. The lowest BCUT2D eigenvalue weighted by Crippen LogP contribution is -2.14. The standard InChI is InChI=1S/C20H21N3O3.ClH/c21-13-19-22-17(14-26-19)20(24)23-16-10-4-5-11-18(16)25-12-6-9-15-7-2-1-3-8-15;/h1-5,7-8,10-11,14H,6,9,12-13,21H2,(H,23,24);1H. The maximum absolute atomic E-state index is 12.3. The van der Waals surface area contributed by atoms with Gasteiger partial charge < -0.3 is 20.2 Å². The third kappa shape index (κ3) is 5.84. The molecule has 6 nitrogen and oxygen atoms in total. The molecular weight excluding hydrogens is 366 g/mol. The van der Waals surface area contributed by atoms with E-state index < -0.39 is 0 Å². The van der Waals surface area contributed by atoms with Crippen LogP contribution >= 0.6 is 12.4 Å². The van der Waals surface area contributed by atoms with E-state index in [2.05, 4.69) is 22.4 Å². The fourth-order valence-corrected chi connectivity index (χ4v) is 2.49. The van der Waals surface area contributed by atoms with E-state index in [4.69, 9.17) is 14.9 Å². The van der Waals surface area contributed by atoms with Crippen molar-refractivity contribution in [3.05, 3.63) is 78.0 Å². The van der Waals surface area contributed by atoms with E-state index in [9.17, 15) is 4.79 Å². The Kier molecular flexibility index (Phi) is 7.85. The maximum Gasteiger partial charge on any atom is 0.277 e. The highest BCUT2D eigenvalue weighted by Gasteiger charge is 2.14. The Hall–Kier alpha value is -2.83. The van der Waals surface area contributed by atoms with Crippen LogP contribution in [0.25, 0.3) is 0 Å². The Bertz CT molecular complexity index is 852. The normalized spacial score (nSPS) is 10.1. The zero-order chi connectivity index (χ0) is 18.2. The number of amides is 1. The highest BCUT2D eigenvalue weighted by molar-refractivity contribution is 6.03. The summed E-state index contributed by atoms with van der Waals surface area (Å²) in [5.74, 6) is 0.575. The molecule has 1 heterocycles. The summed E-state index contributed by atoms with van der Waals surface area (Å²) >= 11 is 0. The van der Waals surface area contributed by atoms with Gasteiger partial charge in [0.15, 0.2) is 5.69 Å². The maximum atomic E-state index is 12.3. The van der Waals surface area contributed by atoms with Gasteiger partial charge in [-0.25, -0.2) is 4.98 Å². The van der Waals surface area contributed by atoms with Crippen LogP contribution in [0.2, 0.25) is 0 Å². The number of carbonyl (C=O) groups excluding carboxylic acids is 1. The largest absolute Gasteiger partial charge is 0.491 e. The monoisotopic (exact) mass is 387 g/mol. The number of ether oxygens (including phenoxy) is 1. The summed E-state index contributed by atoms with van der Waals surface area (Å²) in [6, 6.07) is 17.6. The zero-order valence-corrected chi connectivity index (χ0v) is 15.6. The highest BCUT2D eigenvalue weighted by atomic mass is 35.5. The van der Waals surface area contributed by atoms with E-state index >= 15 is 0 Å². The second-order valence-electron chi connectivity index (χ2n) is 5.72. The van der Waals surface area contributed by atoms with Crippen molar-refractivity contribution >= 4 is 24.0 Å². The van der Waals surface area contributed by atoms with Gasteiger partial charge in [-0.3, -0.25) is 4.79 Å². The highest BCUT2D eigenvalue weighted by Crippen LogP contribution is 2.24. The first-order valence-electron chi connectivity index (χ1n) is 8.48. The molecule has 7 heteroatoms. The first-order valence-corrected chi connectivity index (χ1v) is 8.48. The van der Waals surface area contributed by atoms with Crippen molar-refractivity contribution in [1.29, 1.82) is 0 Å². The van der Waals surface area contributed by atoms with Gasteiger partial charge >= 0.3 is 0 Å². The number of para-hydroxylation sites is 2. The van der Waals surface area contributed by atoms with E-state index in [1.807, 2.05) is 36.4 Å². The van der Waals surface area contributed by atoms with Crippen LogP contribution in [0, 0.1) is 0 Å². The predicted octanol–water partition coefficient (Wildman–Crippen LogP) is 3.82. The van der Waals surface area contributed by atoms with Crippen molar-refractivity contribution in [3.63, 3.8) is 0 Å². The van der Waals surface area contributed by atoms with Crippen LogP contribution in [0.1, 0.15) is 28.4 Å². The Morgan fingerprint density at radius 3 is 2.59 bits per heavy atom. The Balaban J connectivity index is 0.00000261. The molecule has 0 saturated heterocycles. The summed E-state index contributed by atoms with van der Waals surface area (Å²) in [5.41, 5.74) is 7.50. The Labute approximate surface area is 164 Å². The molecule has 0 aliphatic carbocycles. The average Bonchev–Trinajstić information content (AvgIpc) is 3.17. The van der Waals surface area contributed by atoms with Crippen LogP contribution < -0.4 is 15.8 Å². The molecule has 3 aromatic rings. The second-order valence-corrected chi connectivity index (χ2v) is 5.72. The van der Waals surface area contributed by atoms with Crippen LogP contribution in [0.4, 0.5) is 5.69 Å². The zero-order valence-electron chi connectivity index (χ0n) is 14.8. The number of anilines is 1. The number of carbonyl (C=O) groups is 1. The summed E-state index contributed by atoms with van der Waals surface area (Å²) in [7, 11) is 0. The topological polar surface area (TPSA) is 90.4 Å². The molecule has 0 spiro atoms. The minimum atomic E-state index is -0.367. The lowest BCUT2D eigenvalue weighted by molar-refractivity contribution is 0.102. The smallest absolute Gasteiger partial charge is 0.277 e. The molecule has 0 atom stereocenters. The van der Waals surface area contributed by atoms with Crippen LogP contribution in [0.3, 0.4) is 0 Å². The van der Waals surface area contributed by atoms with Gasteiger partial charge in [0.2, 0.25) is 5.89 Å². The van der Waals surface area contributed by atoms with Crippen molar-refractivity contribution in [2.45, 2.75) is 19.4 Å². The quantitative estimate of drug-likeness (QED) is 0.573. The van der Waals surface area contributed by atoms with Crippen molar-refractivity contribution in [2.75, 3.05) is 11.9 Å². The number of aryl methyl sites for hydroxylation is 1. The van der Waals surface area contributed by atoms with Gasteiger partial charge in [0, 0.05) is 0 Å². The number of hydrogen-bond acceptors (Lipinski definition) is 5. The van der Waals surface area contributed by atoms with Crippen LogP contribution in [0.15, 0.2) is 65.3 Å². The number of oxazole rings is 1. The van der Waals surface area contributed by atoms with Crippen molar-refractivity contribution < 1.29 is 13.9 Å². The number of benzene rings is 2. The van der Waals surface area contributed by atoms with Gasteiger partial charge in [0.25, 0.3) is 5.91 Å². The molecule has 0 fully saturated rings. The molecule has 0 aliphatic rings. The minimum absolute atomic E-state index is 0. The number of aromatic nitrogens is 1. The molecule has 3 rings (SSSR count). The minimum Gasteiger partial charge on any atom is -0.491 e. The van der Waals surface area contributed by atoms with E-state index in [-0.39, 0.29) is 30.6 Å². The molecule has 0 aliphatic heterocycles. The van der Waals surface area contributed by atoms with Gasteiger partial charge in [-0.15, -0.1) is 12.4 Å². The Morgan fingerprint density at radius 1 is 1.11 bits per heavy atom. The number of nitrogens with zero attached hydrogens (tertiary/aromatic N) is 1. The summed E-state index contributed by atoms with van der Waals surface area (Å²) in [4.78, 5) is 16.3. The molecule has 0 saturated carbocycles. The summed E-state index contributed by atoms with van der Waals surface area (Å²) in [5, 5.41) is 2.80. The fraction of sp³-hybridized carbons (Fsp3) is 0.200. The van der Waals surface area contributed by atoms with Crippen molar-refractivity contribution in [2.24, 2.45) is 5.73 Å². The van der Waals surface area contributed by atoms with E-state index in [1.54, 1.807) is 6.07 Å². The SMILES string of the molecule is Cl.NCc1nc(C(=O)Nc2ccccc2OCCCc2ccccc2)co1. The summed E-state index contributed by atoms with van der Waals surface area (Å²) in [6.07, 6.45) is 3.12.